The number of carboxylic acid groups (broad SMARTS) is 2. The molecule has 0 aliphatic heterocycles. The molecule has 2 aromatic carbocycles. The highest BCUT2D eigenvalue weighted by Gasteiger charge is 2.73. The molecule has 2 aromatic rings. The highest BCUT2D eigenvalue weighted by atomic mass is 19.4. The molecule has 0 atom stereocenters. The van der Waals surface area contributed by atoms with Crippen LogP contribution >= 0.6 is 0 Å². The predicted molar refractivity (Wildman–Crippen MR) is 72.8 cm³/mol. The molecule has 0 aliphatic rings. The van der Waals surface area contributed by atoms with E-state index in [1.807, 2.05) is 0 Å². The zero-order chi connectivity index (χ0) is 20.1. The Morgan fingerprint density at radius 1 is 0.731 bits per heavy atom. The van der Waals surface area contributed by atoms with Gasteiger partial charge in [0.15, 0.2) is 0 Å². The second-order valence-electron chi connectivity index (χ2n) is 5.22. The molecule has 0 amide bonds. The number of hydrogen-bond donors (Lipinski definition) is 2. The van der Waals surface area contributed by atoms with Crippen molar-refractivity contribution in [1.82, 2.24) is 0 Å². The molecule has 0 saturated carbocycles. The van der Waals surface area contributed by atoms with Gasteiger partial charge in [0, 0.05) is 5.56 Å². The lowest BCUT2D eigenvalue weighted by molar-refractivity contribution is -0.359. The van der Waals surface area contributed by atoms with E-state index in [1.54, 1.807) is 0 Å². The normalized spacial score (nSPS) is 13.0. The number of rotatable bonds is 4. The van der Waals surface area contributed by atoms with Crippen LogP contribution in [0.15, 0.2) is 30.3 Å². The fourth-order valence-electron chi connectivity index (χ4n) is 2.21. The Morgan fingerprint density at radius 3 is 1.62 bits per heavy atom. The van der Waals surface area contributed by atoms with Crippen molar-refractivity contribution in [3.63, 3.8) is 0 Å². The topological polar surface area (TPSA) is 74.6 Å². The van der Waals surface area contributed by atoms with Crippen molar-refractivity contribution in [3.8, 4) is 0 Å². The number of carbonyl (C=O) groups is 2. The molecule has 0 fully saturated rings. The third-order valence-corrected chi connectivity index (χ3v) is 3.55. The number of carboxylic acids is 2. The highest BCUT2D eigenvalue weighted by Crippen LogP contribution is 2.52. The number of alkyl halides is 7. The van der Waals surface area contributed by atoms with E-state index in [0.29, 0.717) is 12.1 Å². The summed E-state index contributed by atoms with van der Waals surface area (Å²) >= 11 is 0. The molecule has 2 N–H and O–H groups in total. The molecule has 140 valence electrons. The van der Waals surface area contributed by atoms with Crippen LogP contribution in [0.25, 0.3) is 10.8 Å². The van der Waals surface area contributed by atoms with Gasteiger partial charge in [0.05, 0.1) is 11.1 Å². The summed E-state index contributed by atoms with van der Waals surface area (Å²) in [6.07, 6.45) is -6.52. The molecule has 0 heterocycles. The van der Waals surface area contributed by atoms with Crippen molar-refractivity contribution in [2.24, 2.45) is 0 Å². The Bertz CT molecular complexity index is 903. The van der Waals surface area contributed by atoms with Crippen molar-refractivity contribution in [2.75, 3.05) is 0 Å². The molecule has 4 nitrogen and oxygen atoms in total. The summed E-state index contributed by atoms with van der Waals surface area (Å²) in [7, 11) is 0. The van der Waals surface area contributed by atoms with Gasteiger partial charge in [0.2, 0.25) is 0 Å². The SMILES string of the molecule is O=C(O)c1cc2ccc(C(F)(F)C(F)(F)C(F)(F)F)cc2cc1C(=O)O. The van der Waals surface area contributed by atoms with Crippen LogP contribution in [-0.2, 0) is 5.92 Å². The van der Waals surface area contributed by atoms with Gasteiger partial charge in [-0.25, -0.2) is 9.59 Å². The van der Waals surface area contributed by atoms with E-state index in [0.717, 1.165) is 6.07 Å². The smallest absolute Gasteiger partial charge is 0.460 e. The van der Waals surface area contributed by atoms with Gasteiger partial charge in [-0.3, -0.25) is 0 Å². The zero-order valence-corrected chi connectivity index (χ0v) is 12.2. The molecule has 0 saturated heterocycles. The molecule has 11 heteroatoms. The van der Waals surface area contributed by atoms with Crippen LogP contribution in [0.3, 0.4) is 0 Å². The van der Waals surface area contributed by atoms with Crippen molar-refractivity contribution in [2.45, 2.75) is 18.0 Å². The summed E-state index contributed by atoms with van der Waals surface area (Å²) < 4.78 is 90.5. The molecule has 26 heavy (non-hydrogen) atoms. The Labute approximate surface area is 139 Å². The van der Waals surface area contributed by atoms with Gasteiger partial charge in [-0.1, -0.05) is 12.1 Å². The lowest BCUT2D eigenvalue weighted by Crippen LogP contribution is -2.50. The van der Waals surface area contributed by atoms with Gasteiger partial charge in [0.1, 0.15) is 0 Å². The largest absolute Gasteiger partial charge is 0.478 e. The van der Waals surface area contributed by atoms with Crippen LogP contribution in [0.1, 0.15) is 26.3 Å². The third kappa shape index (κ3) is 2.93. The van der Waals surface area contributed by atoms with Gasteiger partial charge in [-0.15, -0.1) is 0 Å². The lowest BCUT2D eigenvalue weighted by atomic mass is 9.95. The van der Waals surface area contributed by atoms with Gasteiger partial charge in [0.25, 0.3) is 0 Å². The van der Waals surface area contributed by atoms with Crippen LogP contribution in [0, 0.1) is 0 Å². The number of benzene rings is 2. The molecule has 0 spiro atoms. The quantitative estimate of drug-likeness (QED) is 0.760. The number of aromatic carboxylic acids is 2. The fraction of sp³-hybridized carbons (Fsp3) is 0.200. The summed E-state index contributed by atoms with van der Waals surface area (Å²) in [6, 6.07) is 2.63. The van der Waals surface area contributed by atoms with Crippen molar-refractivity contribution >= 4 is 22.7 Å². The van der Waals surface area contributed by atoms with Crippen LogP contribution in [0.2, 0.25) is 0 Å². The van der Waals surface area contributed by atoms with E-state index in [1.165, 1.54) is 0 Å². The second-order valence-corrected chi connectivity index (χ2v) is 5.22. The van der Waals surface area contributed by atoms with Crippen molar-refractivity contribution < 1.29 is 50.5 Å². The molecule has 2 rings (SSSR count). The molecule has 0 radical (unpaired) electrons. The van der Waals surface area contributed by atoms with E-state index < -0.39 is 52.0 Å². The Morgan fingerprint density at radius 2 is 1.19 bits per heavy atom. The van der Waals surface area contributed by atoms with Crippen LogP contribution < -0.4 is 0 Å². The first-order chi connectivity index (χ1) is 11.7. The van der Waals surface area contributed by atoms with E-state index in [4.69, 9.17) is 10.2 Å². The minimum absolute atomic E-state index is 0.137. The number of halogens is 7. The van der Waals surface area contributed by atoms with Crippen molar-refractivity contribution in [3.05, 3.63) is 47.0 Å². The molecule has 0 bridgehead atoms. The maximum atomic E-state index is 13.7. The summed E-state index contributed by atoms with van der Waals surface area (Å²) in [6.45, 7) is 0. The maximum absolute atomic E-state index is 13.7. The first-order valence-corrected chi connectivity index (χ1v) is 6.57. The van der Waals surface area contributed by atoms with Crippen LogP contribution in [0.4, 0.5) is 30.7 Å². The summed E-state index contributed by atoms with van der Waals surface area (Å²) in [5.41, 5.74) is -3.25. The summed E-state index contributed by atoms with van der Waals surface area (Å²) in [5.74, 6) is -15.4. The van der Waals surface area contributed by atoms with E-state index >= 15 is 0 Å². The van der Waals surface area contributed by atoms with Gasteiger partial charge in [-0.2, -0.15) is 30.7 Å². The highest BCUT2D eigenvalue weighted by molar-refractivity contribution is 6.06. The zero-order valence-electron chi connectivity index (χ0n) is 12.2. The maximum Gasteiger partial charge on any atom is 0.460 e. The first kappa shape index (κ1) is 19.5. The fourth-order valence-corrected chi connectivity index (χ4v) is 2.21. The van der Waals surface area contributed by atoms with E-state index in [9.17, 15) is 40.3 Å². The monoisotopic (exact) mass is 384 g/mol. The Balaban J connectivity index is 2.71. The van der Waals surface area contributed by atoms with Gasteiger partial charge < -0.3 is 10.2 Å². The third-order valence-electron chi connectivity index (χ3n) is 3.55. The van der Waals surface area contributed by atoms with E-state index in [2.05, 4.69) is 0 Å². The van der Waals surface area contributed by atoms with Gasteiger partial charge >= 0.3 is 30.0 Å². The molecular formula is C15H7F7O4. The minimum atomic E-state index is -6.52. The Hall–Kier alpha value is -2.85. The first-order valence-electron chi connectivity index (χ1n) is 6.57. The van der Waals surface area contributed by atoms with Crippen LogP contribution in [-0.4, -0.2) is 34.3 Å². The molecule has 0 aliphatic carbocycles. The number of fused-ring (bicyclic) bond motifs is 1. The predicted octanol–water partition coefficient (Wildman–Crippen LogP) is 4.53. The average Bonchev–Trinajstić information content (AvgIpc) is 2.51. The van der Waals surface area contributed by atoms with Crippen molar-refractivity contribution in [1.29, 1.82) is 0 Å². The number of hydrogen-bond acceptors (Lipinski definition) is 2. The molecular weight excluding hydrogens is 377 g/mol. The minimum Gasteiger partial charge on any atom is -0.478 e. The second kappa shape index (κ2) is 5.85. The van der Waals surface area contributed by atoms with Crippen LogP contribution in [0.5, 0.6) is 0 Å². The molecule has 0 unspecified atom stereocenters. The lowest BCUT2D eigenvalue weighted by Gasteiger charge is -2.28. The van der Waals surface area contributed by atoms with E-state index in [-0.39, 0.29) is 17.5 Å². The Kier molecular flexibility index (Phi) is 4.38. The summed E-state index contributed by atoms with van der Waals surface area (Å²) in [4.78, 5) is 22.1. The summed E-state index contributed by atoms with van der Waals surface area (Å²) in [5, 5.41) is 17.3. The van der Waals surface area contributed by atoms with Gasteiger partial charge in [-0.05, 0) is 29.0 Å². The average molecular weight is 384 g/mol. The molecule has 0 aromatic heterocycles. The standard InChI is InChI=1S/C15H7F7O4/c16-13(17,14(18,19)15(20,21)22)8-2-1-6-4-9(11(23)24)10(12(25)26)5-7(6)3-8/h1-5H,(H,23,24)(H,25,26).